The molecule has 122 valence electrons. The van der Waals surface area contributed by atoms with Crippen LogP contribution in [0.15, 0.2) is 24.3 Å². The predicted octanol–water partition coefficient (Wildman–Crippen LogP) is 6.27. The number of rotatable bonds is 15. The zero-order valence-electron chi connectivity index (χ0n) is 13.9. The SMILES string of the molecule is C=C(C=CC)CCCCCCCCCCCCCC(=O)O. The van der Waals surface area contributed by atoms with Gasteiger partial charge < -0.3 is 5.11 Å². The van der Waals surface area contributed by atoms with Crippen molar-refractivity contribution in [3.05, 3.63) is 24.3 Å². The average Bonchev–Trinajstić information content (AvgIpc) is 2.44. The van der Waals surface area contributed by atoms with Crippen molar-refractivity contribution in [3.63, 3.8) is 0 Å². The van der Waals surface area contributed by atoms with Crippen LogP contribution in [0.4, 0.5) is 0 Å². The van der Waals surface area contributed by atoms with Gasteiger partial charge in [-0.15, -0.1) is 0 Å². The standard InChI is InChI=1S/C19H34O2/c1-3-15-18(2)16-13-11-9-7-5-4-6-8-10-12-14-17-19(20)21/h3,15H,2,4-14,16-17H2,1H3,(H,20,21). The second-order valence-corrected chi connectivity index (χ2v) is 5.94. The molecular weight excluding hydrogens is 260 g/mol. The Balaban J connectivity index is 3.09. The molecule has 0 heterocycles. The molecule has 0 rings (SSSR count). The maximum atomic E-state index is 10.3. The molecule has 2 nitrogen and oxygen atoms in total. The first-order valence-corrected chi connectivity index (χ1v) is 8.69. The van der Waals surface area contributed by atoms with Crippen LogP contribution in [0.2, 0.25) is 0 Å². The summed E-state index contributed by atoms with van der Waals surface area (Å²) in [7, 11) is 0. The molecule has 21 heavy (non-hydrogen) atoms. The van der Waals surface area contributed by atoms with E-state index in [0.29, 0.717) is 6.42 Å². The molecule has 2 heteroatoms. The highest BCUT2D eigenvalue weighted by Gasteiger charge is 1.97. The Morgan fingerprint density at radius 1 is 0.810 bits per heavy atom. The molecular formula is C19H34O2. The molecule has 0 aliphatic heterocycles. The van der Waals surface area contributed by atoms with Gasteiger partial charge in [0.15, 0.2) is 0 Å². The largest absolute Gasteiger partial charge is 0.481 e. The van der Waals surface area contributed by atoms with Gasteiger partial charge in [-0.3, -0.25) is 4.79 Å². The fraction of sp³-hybridized carbons (Fsp3) is 0.737. The fourth-order valence-corrected chi connectivity index (χ4v) is 2.54. The first kappa shape index (κ1) is 19.9. The van der Waals surface area contributed by atoms with Crippen molar-refractivity contribution in [3.8, 4) is 0 Å². The van der Waals surface area contributed by atoms with Crippen molar-refractivity contribution in [1.29, 1.82) is 0 Å². The summed E-state index contributed by atoms with van der Waals surface area (Å²) >= 11 is 0. The van der Waals surface area contributed by atoms with E-state index in [1.807, 2.05) is 6.92 Å². The third-order valence-electron chi connectivity index (χ3n) is 3.79. The van der Waals surface area contributed by atoms with Gasteiger partial charge in [0.25, 0.3) is 0 Å². The lowest BCUT2D eigenvalue weighted by Crippen LogP contribution is -1.93. The molecule has 0 saturated heterocycles. The molecule has 0 aromatic carbocycles. The van der Waals surface area contributed by atoms with E-state index >= 15 is 0 Å². The fourth-order valence-electron chi connectivity index (χ4n) is 2.54. The average molecular weight is 294 g/mol. The first-order chi connectivity index (χ1) is 10.2. The summed E-state index contributed by atoms with van der Waals surface area (Å²) in [6.07, 6.45) is 19.3. The van der Waals surface area contributed by atoms with E-state index in [-0.39, 0.29) is 0 Å². The van der Waals surface area contributed by atoms with Gasteiger partial charge in [0.05, 0.1) is 0 Å². The van der Waals surface area contributed by atoms with Gasteiger partial charge in [0, 0.05) is 6.42 Å². The van der Waals surface area contributed by atoms with Crippen LogP contribution in [0.3, 0.4) is 0 Å². The smallest absolute Gasteiger partial charge is 0.303 e. The minimum atomic E-state index is -0.663. The molecule has 0 aromatic heterocycles. The number of carboxylic acid groups (broad SMARTS) is 1. The van der Waals surface area contributed by atoms with Crippen LogP contribution in [-0.2, 0) is 4.79 Å². The van der Waals surface area contributed by atoms with Gasteiger partial charge in [-0.1, -0.05) is 82.1 Å². The van der Waals surface area contributed by atoms with Crippen LogP contribution in [0, 0.1) is 0 Å². The quantitative estimate of drug-likeness (QED) is 0.285. The van der Waals surface area contributed by atoms with Crippen LogP contribution in [0.25, 0.3) is 0 Å². The maximum absolute atomic E-state index is 10.3. The number of allylic oxidation sites excluding steroid dienone is 3. The van der Waals surface area contributed by atoms with E-state index in [0.717, 1.165) is 19.3 Å². The van der Waals surface area contributed by atoms with E-state index in [1.54, 1.807) is 0 Å². The highest BCUT2D eigenvalue weighted by molar-refractivity contribution is 5.66. The van der Waals surface area contributed by atoms with Crippen LogP contribution >= 0.6 is 0 Å². The van der Waals surface area contributed by atoms with Gasteiger partial charge in [-0.05, 0) is 26.2 Å². The van der Waals surface area contributed by atoms with Gasteiger partial charge in [-0.25, -0.2) is 0 Å². The number of unbranched alkanes of at least 4 members (excludes halogenated alkanes) is 10. The number of carbonyl (C=O) groups is 1. The topological polar surface area (TPSA) is 37.3 Å². The summed E-state index contributed by atoms with van der Waals surface area (Å²) in [4.78, 5) is 10.3. The molecule has 0 saturated carbocycles. The lowest BCUT2D eigenvalue weighted by Gasteiger charge is -2.03. The van der Waals surface area contributed by atoms with E-state index in [4.69, 9.17) is 5.11 Å². The zero-order valence-corrected chi connectivity index (χ0v) is 13.9. The van der Waals surface area contributed by atoms with Crippen molar-refractivity contribution < 1.29 is 9.90 Å². The van der Waals surface area contributed by atoms with E-state index in [1.165, 1.54) is 63.4 Å². The summed E-state index contributed by atoms with van der Waals surface area (Å²) in [5.74, 6) is -0.663. The summed E-state index contributed by atoms with van der Waals surface area (Å²) in [6, 6.07) is 0. The maximum Gasteiger partial charge on any atom is 0.303 e. The zero-order chi connectivity index (χ0) is 15.8. The van der Waals surface area contributed by atoms with Crippen LogP contribution < -0.4 is 0 Å². The Bertz CT molecular complexity index is 292. The molecule has 0 atom stereocenters. The van der Waals surface area contributed by atoms with Crippen LogP contribution in [0.1, 0.15) is 90.4 Å². The Morgan fingerprint density at radius 3 is 1.57 bits per heavy atom. The lowest BCUT2D eigenvalue weighted by molar-refractivity contribution is -0.137. The lowest BCUT2D eigenvalue weighted by atomic mass is 10.0. The molecule has 0 radical (unpaired) electrons. The van der Waals surface area contributed by atoms with E-state index < -0.39 is 5.97 Å². The molecule has 0 fully saturated rings. The first-order valence-electron chi connectivity index (χ1n) is 8.69. The summed E-state index contributed by atoms with van der Waals surface area (Å²) in [5.41, 5.74) is 1.25. The molecule has 0 aliphatic rings. The normalized spacial score (nSPS) is 11.1. The van der Waals surface area contributed by atoms with E-state index in [2.05, 4.69) is 18.7 Å². The molecule has 0 aliphatic carbocycles. The number of carboxylic acids is 1. The monoisotopic (exact) mass is 294 g/mol. The number of hydrogen-bond donors (Lipinski definition) is 1. The molecule has 1 N–H and O–H groups in total. The molecule has 0 spiro atoms. The van der Waals surface area contributed by atoms with Gasteiger partial charge in [0.1, 0.15) is 0 Å². The second-order valence-electron chi connectivity index (χ2n) is 5.94. The van der Waals surface area contributed by atoms with Crippen molar-refractivity contribution in [2.75, 3.05) is 0 Å². The molecule has 0 bridgehead atoms. The van der Waals surface area contributed by atoms with Crippen LogP contribution in [0.5, 0.6) is 0 Å². The Labute approximate surface area is 131 Å². The van der Waals surface area contributed by atoms with Gasteiger partial charge in [0.2, 0.25) is 0 Å². The second kappa shape index (κ2) is 15.3. The Hall–Kier alpha value is -1.05. The molecule has 0 aromatic rings. The minimum Gasteiger partial charge on any atom is -0.481 e. The van der Waals surface area contributed by atoms with Crippen molar-refractivity contribution in [2.24, 2.45) is 0 Å². The Kier molecular flexibility index (Phi) is 14.6. The third-order valence-corrected chi connectivity index (χ3v) is 3.79. The number of hydrogen-bond acceptors (Lipinski definition) is 1. The molecule has 0 amide bonds. The van der Waals surface area contributed by atoms with Crippen molar-refractivity contribution in [2.45, 2.75) is 90.4 Å². The highest BCUT2D eigenvalue weighted by atomic mass is 16.4. The van der Waals surface area contributed by atoms with Crippen LogP contribution in [-0.4, -0.2) is 11.1 Å². The highest BCUT2D eigenvalue weighted by Crippen LogP contribution is 2.14. The minimum absolute atomic E-state index is 0.334. The molecule has 0 unspecified atom stereocenters. The summed E-state index contributed by atoms with van der Waals surface area (Å²) in [6.45, 7) is 6.06. The summed E-state index contributed by atoms with van der Waals surface area (Å²) < 4.78 is 0. The third kappa shape index (κ3) is 16.9. The summed E-state index contributed by atoms with van der Waals surface area (Å²) in [5, 5.41) is 8.52. The van der Waals surface area contributed by atoms with Gasteiger partial charge in [-0.2, -0.15) is 0 Å². The Morgan fingerprint density at radius 2 is 1.19 bits per heavy atom. The van der Waals surface area contributed by atoms with Crippen molar-refractivity contribution >= 4 is 5.97 Å². The van der Waals surface area contributed by atoms with Crippen molar-refractivity contribution in [1.82, 2.24) is 0 Å². The predicted molar refractivity (Wildman–Crippen MR) is 91.6 cm³/mol. The van der Waals surface area contributed by atoms with Gasteiger partial charge >= 0.3 is 5.97 Å². The van der Waals surface area contributed by atoms with E-state index in [9.17, 15) is 4.79 Å². The number of aliphatic carboxylic acids is 1.